The van der Waals surface area contributed by atoms with Gasteiger partial charge in [0.2, 0.25) is 5.91 Å². The number of aromatic carboxylic acids is 2. The summed E-state index contributed by atoms with van der Waals surface area (Å²) < 4.78 is 0. The Morgan fingerprint density at radius 2 is 1.37 bits per heavy atom. The molecule has 18 nitrogen and oxygen atoms in total. The van der Waals surface area contributed by atoms with Gasteiger partial charge in [0.15, 0.2) is 0 Å². The van der Waals surface area contributed by atoms with Crippen LogP contribution in [0, 0.1) is 23.2 Å². The lowest BCUT2D eigenvalue weighted by Crippen LogP contribution is -2.51. The molecule has 62 heavy (non-hydrogen) atoms. The van der Waals surface area contributed by atoms with Crippen LogP contribution in [0.15, 0.2) is 67.0 Å². The molecule has 0 unspecified atom stereocenters. The fourth-order valence-corrected chi connectivity index (χ4v) is 9.59. The van der Waals surface area contributed by atoms with Crippen LogP contribution in [-0.4, -0.2) is 133 Å². The summed E-state index contributed by atoms with van der Waals surface area (Å²) in [6, 6.07) is 14.2. The summed E-state index contributed by atoms with van der Waals surface area (Å²) in [5.74, 6) is -2.32. The van der Waals surface area contributed by atoms with Gasteiger partial charge >= 0.3 is 11.9 Å². The number of H-pyrrole nitrogens is 1. The van der Waals surface area contributed by atoms with Crippen molar-refractivity contribution in [1.82, 2.24) is 25.9 Å². The minimum absolute atomic E-state index is 0.0505. The van der Waals surface area contributed by atoms with E-state index in [4.69, 9.17) is 20.4 Å². The van der Waals surface area contributed by atoms with E-state index >= 15 is 0 Å². The number of benzene rings is 3. The number of hydrogen-bond donors (Lipinski definition) is 12. The molecule has 3 amide bonds. The number of anilines is 1. The van der Waals surface area contributed by atoms with Crippen LogP contribution in [0.4, 0.5) is 5.69 Å². The van der Waals surface area contributed by atoms with Gasteiger partial charge in [-0.25, -0.2) is 14.6 Å². The number of fused-ring (bicyclic) bond motifs is 1. The highest BCUT2D eigenvalue weighted by molar-refractivity contribution is 6.11. The normalized spacial score (nSPS) is 22.3. The summed E-state index contributed by atoms with van der Waals surface area (Å²) >= 11 is 0. The first-order valence-electron chi connectivity index (χ1n) is 20.6. The largest absolute Gasteiger partial charge is 0.478 e. The molecule has 1 heterocycles. The molecule has 0 radical (unpaired) electrons. The van der Waals surface area contributed by atoms with Crippen molar-refractivity contribution in [3.05, 3.63) is 94.8 Å². The zero-order chi connectivity index (χ0) is 44.7. The Balaban J connectivity index is 0.000000428. The molecule has 8 rings (SSSR count). The zero-order valence-electron chi connectivity index (χ0n) is 34.2. The van der Waals surface area contributed by atoms with Gasteiger partial charge in [-0.3, -0.25) is 14.4 Å². The number of nitrogens with zero attached hydrogens (tertiary/aromatic N) is 1. The molecule has 4 saturated carbocycles. The maximum atomic E-state index is 14.0. The van der Waals surface area contributed by atoms with E-state index < -0.39 is 60.8 Å². The lowest BCUT2D eigenvalue weighted by molar-refractivity contribution is -0.118. The van der Waals surface area contributed by atoms with E-state index in [0.717, 1.165) is 60.8 Å². The van der Waals surface area contributed by atoms with Crippen molar-refractivity contribution in [2.75, 3.05) is 32.1 Å². The van der Waals surface area contributed by atoms with E-state index in [2.05, 4.69) is 31.2 Å². The first-order valence-corrected chi connectivity index (χ1v) is 20.6. The quantitative estimate of drug-likeness (QED) is 0.0717. The van der Waals surface area contributed by atoms with Crippen molar-refractivity contribution in [1.29, 1.82) is 0 Å². The van der Waals surface area contributed by atoms with Gasteiger partial charge in [-0.2, -0.15) is 0 Å². The summed E-state index contributed by atoms with van der Waals surface area (Å²) in [6.45, 7) is -0.0228. The third-order valence-electron chi connectivity index (χ3n) is 12.2. The number of aliphatic hydroxyl groups is 5. The second kappa shape index (κ2) is 20.0. The average Bonchev–Trinajstić information content (AvgIpc) is 3.72. The smallest absolute Gasteiger partial charge is 0.335 e. The van der Waals surface area contributed by atoms with Crippen molar-refractivity contribution in [3.63, 3.8) is 0 Å². The molecule has 5 atom stereocenters. The minimum atomic E-state index is -1.55. The standard InChI is InChI=1S/C37H37N5O7.C7H17NO5/c43-32(38-18-37-15-21-6-22(16-37)8-23(7-21)17-37)27-13-29-30(40-19-39-29)14-28(27)33(44)42-31(9-20-4-2-1-3-5-20)34(45)41-26-11-24(35(46)47)10-25(12-26)36(48)49;1-8-2-4(10)6(12)7(13)5(11)3-9/h1-5,10-14,19,21-23,31H,6-9,15-18H2,(H,38,43)(H,39,40)(H,41,45)(H,42,44)(H,46,47)(H,48,49);4-13H,2-3H2,1H3/t21?,22?,23?,31-,37?;4-,5+,6+,7+/m00/s1. The third-order valence-corrected chi connectivity index (χ3v) is 12.2. The molecule has 332 valence electrons. The molecule has 4 aliphatic rings. The molecule has 4 bridgehead atoms. The topological polar surface area (TPSA) is 304 Å². The summed E-state index contributed by atoms with van der Waals surface area (Å²) in [4.78, 5) is 72.2. The van der Waals surface area contributed by atoms with Crippen molar-refractivity contribution in [3.8, 4) is 0 Å². The van der Waals surface area contributed by atoms with Crippen LogP contribution in [0.25, 0.3) is 11.0 Å². The highest BCUT2D eigenvalue weighted by atomic mass is 16.4. The molecule has 18 heteroatoms. The van der Waals surface area contributed by atoms with Gasteiger partial charge < -0.3 is 62.0 Å². The van der Waals surface area contributed by atoms with Gasteiger partial charge in [0, 0.05) is 25.2 Å². The molecular weight excluding hydrogens is 805 g/mol. The van der Waals surface area contributed by atoms with E-state index in [1.807, 2.05) is 6.07 Å². The number of nitrogens with one attached hydrogen (secondary N) is 5. The molecule has 4 fully saturated rings. The number of amides is 3. The van der Waals surface area contributed by atoms with Gasteiger partial charge in [0.25, 0.3) is 11.8 Å². The number of imidazole rings is 1. The van der Waals surface area contributed by atoms with Gasteiger partial charge in [-0.15, -0.1) is 0 Å². The Morgan fingerprint density at radius 3 is 1.94 bits per heavy atom. The second-order valence-electron chi connectivity index (χ2n) is 16.9. The minimum Gasteiger partial charge on any atom is -0.478 e. The molecule has 0 spiro atoms. The van der Waals surface area contributed by atoms with Gasteiger partial charge in [0.05, 0.1) is 52.3 Å². The third kappa shape index (κ3) is 11.0. The molecule has 4 aliphatic carbocycles. The molecule has 3 aromatic carbocycles. The Morgan fingerprint density at radius 1 is 0.790 bits per heavy atom. The monoisotopic (exact) mass is 858 g/mol. The molecule has 4 aromatic rings. The fraction of sp³-hybridized carbons (Fsp3) is 0.455. The summed E-state index contributed by atoms with van der Waals surface area (Å²) in [5.41, 5.74) is 1.36. The summed E-state index contributed by atoms with van der Waals surface area (Å²) in [7, 11) is 1.57. The first kappa shape index (κ1) is 45.8. The average molecular weight is 859 g/mol. The van der Waals surface area contributed by atoms with Crippen LogP contribution in [-0.2, 0) is 11.2 Å². The number of carbonyl (C=O) groups is 5. The number of aromatic nitrogens is 2. The van der Waals surface area contributed by atoms with Crippen molar-refractivity contribution < 1.29 is 59.7 Å². The van der Waals surface area contributed by atoms with E-state index in [1.165, 1.54) is 31.7 Å². The predicted octanol–water partition coefficient (Wildman–Crippen LogP) is 1.53. The Kier molecular flexibility index (Phi) is 14.7. The van der Waals surface area contributed by atoms with Crippen LogP contribution in [0.1, 0.15) is 85.5 Å². The van der Waals surface area contributed by atoms with Gasteiger partial charge in [-0.1, -0.05) is 30.3 Å². The first-order chi connectivity index (χ1) is 29.6. The number of hydrogen-bond acceptors (Lipinski definition) is 12. The van der Waals surface area contributed by atoms with E-state index in [0.29, 0.717) is 17.6 Å². The Hall–Kier alpha value is -5.76. The number of carboxylic acid groups (broad SMARTS) is 2. The molecule has 0 saturated heterocycles. The lowest BCUT2D eigenvalue weighted by Gasteiger charge is -2.56. The number of rotatable bonds is 17. The summed E-state index contributed by atoms with van der Waals surface area (Å²) in [5, 5.41) is 75.0. The Bertz CT molecular complexity index is 2180. The van der Waals surface area contributed by atoms with Crippen LogP contribution < -0.4 is 21.3 Å². The number of likely N-dealkylation sites (N-methyl/N-ethyl adjacent to an activating group) is 1. The second-order valence-corrected chi connectivity index (χ2v) is 16.9. The van der Waals surface area contributed by atoms with Crippen LogP contribution in [0.3, 0.4) is 0 Å². The van der Waals surface area contributed by atoms with Crippen LogP contribution in [0.2, 0.25) is 0 Å². The molecule has 12 N–H and O–H groups in total. The summed E-state index contributed by atoms with van der Waals surface area (Å²) in [6.07, 6.45) is 3.10. The van der Waals surface area contributed by atoms with E-state index in [1.54, 1.807) is 37.4 Å². The van der Waals surface area contributed by atoms with Gasteiger partial charge in [-0.05, 0) is 105 Å². The molecular formula is C44H54N6O12. The number of carbonyl (C=O) groups excluding carboxylic acids is 3. The molecule has 1 aromatic heterocycles. The SMILES string of the molecule is CNC[C@H](O)[C@@H](O)[C@H](O)[C@H](O)CO.O=C(O)c1cc(NC(=O)[C@H](Cc2ccccc2)NC(=O)c2cc3nc[nH]c3cc2C(=O)NCC23CC4CC(CC(C4)C2)C3)cc(C(=O)O)c1. The van der Waals surface area contributed by atoms with Crippen molar-refractivity contribution >= 4 is 46.4 Å². The lowest BCUT2D eigenvalue weighted by atomic mass is 9.49. The highest BCUT2D eigenvalue weighted by Gasteiger charge is 2.51. The van der Waals surface area contributed by atoms with Gasteiger partial charge in [0.1, 0.15) is 24.4 Å². The van der Waals surface area contributed by atoms with Crippen molar-refractivity contribution in [2.45, 2.75) is 75.4 Å². The van der Waals surface area contributed by atoms with Crippen LogP contribution in [0.5, 0.6) is 0 Å². The maximum absolute atomic E-state index is 14.0. The fourth-order valence-electron chi connectivity index (χ4n) is 9.59. The zero-order valence-corrected chi connectivity index (χ0v) is 34.2. The molecule has 0 aliphatic heterocycles. The maximum Gasteiger partial charge on any atom is 0.335 e. The Labute approximate surface area is 356 Å². The number of aromatic amines is 1. The van der Waals surface area contributed by atoms with Crippen LogP contribution >= 0.6 is 0 Å². The number of carboxylic acids is 2. The van der Waals surface area contributed by atoms with E-state index in [-0.39, 0.29) is 52.2 Å². The highest BCUT2D eigenvalue weighted by Crippen LogP contribution is 2.59. The predicted molar refractivity (Wildman–Crippen MR) is 224 cm³/mol. The van der Waals surface area contributed by atoms with E-state index in [9.17, 15) is 39.3 Å². The van der Waals surface area contributed by atoms with Crippen molar-refractivity contribution in [2.24, 2.45) is 23.2 Å². The number of aliphatic hydroxyl groups excluding tert-OH is 5.